The standard InChI is InChI=1S/C27H26N2O3/c1-4-20-7-5-6-8-24(20)28-26(30)21-11-13-22(14-12-21)27-29-25(19(3)32-27)17-31-23-15-9-18(2)10-16-23/h5-16H,4,17H2,1-3H3,(H,28,30). The number of carbonyl (C=O) groups is 1. The van der Waals surface area contributed by atoms with Crippen LogP contribution in [0.4, 0.5) is 5.69 Å². The molecule has 0 aliphatic rings. The van der Waals surface area contributed by atoms with Gasteiger partial charge >= 0.3 is 0 Å². The van der Waals surface area contributed by atoms with Crippen LogP contribution in [0.15, 0.2) is 77.2 Å². The fraction of sp³-hybridized carbons (Fsp3) is 0.185. The van der Waals surface area contributed by atoms with E-state index in [0.717, 1.165) is 34.7 Å². The molecule has 5 heteroatoms. The summed E-state index contributed by atoms with van der Waals surface area (Å²) >= 11 is 0. The van der Waals surface area contributed by atoms with Crippen molar-refractivity contribution in [1.29, 1.82) is 0 Å². The summed E-state index contributed by atoms with van der Waals surface area (Å²) in [6.45, 7) is 6.31. The molecule has 3 aromatic carbocycles. The lowest BCUT2D eigenvalue weighted by Crippen LogP contribution is -2.13. The molecule has 0 aliphatic carbocycles. The number of anilines is 1. The number of carbonyl (C=O) groups excluding carboxylic acids is 1. The Kier molecular flexibility index (Phi) is 6.36. The Balaban J connectivity index is 1.44. The van der Waals surface area contributed by atoms with Crippen molar-refractivity contribution >= 4 is 11.6 Å². The van der Waals surface area contributed by atoms with Crippen LogP contribution in [0.1, 0.15) is 39.9 Å². The maximum Gasteiger partial charge on any atom is 0.255 e. The summed E-state index contributed by atoms with van der Waals surface area (Å²) in [7, 11) is 0. The van der Waals surface area contributed by atoms with Gasteiger partial charge in [0, 0.05) is 16.8 Å². The second kappa shape index (κ2) is 9.52. The first-order valence-corrected chi connectivity index (χ1v) is 10.7. The Morgan fingerprint density at radius 2 is 1.69 bits per heavy atom. The Labute approximate surface area is 188 Å². The zero-order chi connectivity index (χ0) is 22.5. The number of nitrogens with zero attached hydrogens (tertiary/aromatic N) is 1. The first kappa shape index (κ1) is 21.4. The van der Waals surface area contributed by atoms with Crippen molar-refractivity contribution in [1.82, 2.24) is 4.98 Å². The minimum atomic E-state index is -0.145. The second-order valence-electron chi connectivity index (χ2n) is 7.67. The highest BCUT2D eigenvalue weighted by molar-refractivity contribution is 6.04. The van der Waals surface area contributed by atoms with Crippen LogP contribution in [0.2, 0.25) is 0 Å². The van der Waals surface area contributed by atoms with Crippen LogP contribution in [0, 0.1) is 13.8 Å². The van der Waals surface area contributed by atoms with E-state index in [0.29, 0.717) is 23.8 Å². The summed E-state index contributed by atoms with van der Waals surface area (Å²) in [5.41, 5.74) is 5.26. The molecule has 0 unspecified atom stereocenters. The summed E-state index contributed by atoms with van der Waals surface area (Å²) in [6, 6.07) is 23.0. The molecule has 1 aromatic heterocycles. The van der Waals surface area contributed by atoms with Crippen molar-refractivity contribution in [3.8, 4) is 17.2 Å². The van der Waals surface area contributed by atoms with E-state index < -0.39 is 0 Å². The first-order chi connectivity index (χ1) is 15.5. The molecule has 1 N–H and O–H groups in total. The summed E-state index contributed by atoms with van der Waals surface area (Å²) in [6.07, 6.45) is 0.856. The number of oxazole rings is 1. The number of benzene rings is 3. The van der Waals surface area contributed by atoms with E-state index in [1.165, 1.54) is 5.56 Å². The van der Waals surface area contributed by atoms with Gasteiger partial charge in [-0.15, -0.1) is 0 Å². The molecule has 1 amide bonds. The molecule has 0 radical (unpaired) electrons. The third kappa shape index (κ3) is 4.89. The van der Waals surface area contributed by atoms with E-state index in [1.807, 2.05) is 74.5 Å². The van der Waals surface area contributed by atoms with Crippen molar-refractivity contribution in [3.05, 3.63) is 101 Å². The van der Waals surface area contributed by atoms with Gasteiger partial charge in [0.2, 0.25) is 5.89 Å². The SMILES string of the molecule is CCc1ccccc1NC(=O)c1ccc(-c2nc(COc3ccc(C)cc3)c(C)o2)cc1. The van der Waals surface area contributed by atoms with Crippen molar-refractivity contribution < 1.29 is 13.9 Å². The molecule has 0 aliphatic heterocycles. The zero-order valence-electron chi connectivity index (χ0n) is 18.5. The van der Waals surface area contributed by atoms with Crippen LogP contribution in [0.5, 0.6) is 5.75 Å². The highest BCUT2D eigenvalue weighted by Crippen LogP contribution is 2.24. The Bertz CT molecular complexity index is 1210. The molecule has 5 nitrogen and oxygen atoms in total. The number of nitrogens with one attached hydrogen (secondary N) is 1. The number of para-hydroxylation sites is 1. The van der Waals surface area contributed by atoms with E-state index in [9.17, 15) is 4.79 Å². The molecular formula is C27H26N2O3. The van der Waals surface area contributed by atoms with Gasteiger partial charge in [0.1, 0.15) is 23.8 Å². The van der Waals surface area contributed by atoms with E-state index in [4.69, 9.17) is 9.15 Å². The molecular weight excluding hydrogens is 400 g/mol. The van der Waals surface area contributed by atoms with Gasteiger partial charge < -0.3 is 14.5 Å². The lowest BCUT2D eigenvalue weighted by atomic mass is 10.1. The molecule has 0 atom stereocenters. The normalized spacial score (nSPS) is 10.7. The van der Waals surface area contributed by atoms with E-state index in [1.54, 1.807) is 12.1 Å². The van der Waals surface area contributed by atoms with Crippen molar-refractivity contribution in [2.75, 3.05) is 5.32 Å². The molecule has 0 bridgehead atoms. The van der Waals surface area contributed by atoms with Gasteiger partial charge in [-0.2, -0.15) is 0 Å². The van der Waals surface area contributed by atoms with E-state index >= 15 is 0 Å². The fourth-order valence-electron chi connectivity index (χ4n) is 3.38. The third-order valence-corrected chi connectivity index (χ3v) is 5.33. The number of aryl methyl sites for hydroxylation is 3. The van der Waals surface area contributed by atoms with E-state index in [-0.39, 0.29) is 5.91 Å². The largest absolute Gasteiger partial charge is 0.487 e. The molecule has 162 valence electrons. The van der Waals surface area contributed by atoms with Gasteiger partial charge in [-0.25, -0.2) is 4.98 Å². The van der Waals surface area contributed by atoms with Gasteiger partial charge in [-0.3, -0.25) is 4.79 Å². The molecule has 0 saturated carbocycles. The molecule has 0 spiro atoms. The van der Waals surface area contributed by atoms with Crippen molar-refractivity contribution in [2.45, 2.75) is 33.8 Å². The monoisotopic (exact) mass is 426 g/mol. The van der Waals surface area contributed by atoms with Gasteiger partial charge in [-0.05, 0) is 68.3 Å². The maximum atomic E-state index is 12.7. The van der Waals surface area contributed by atoms with Gasteiger partial charge in [-0.1, -0.05) is 42.8 Å². The first-order valence-electron chi connectivity index (χ1n) is 10.7. The van der Waals surface area contributed by atoms with Crippen LogP contribution in [0.3, 0.4) is 0 Å². The molecule has 32 heavy (non-hydrogen) atoms. The van der Waals surface area contributed by atoms with Gasteiger partial charge in [0.15, 0.2) is 0 Å². The van der Waals surface area contributed by atoms with Crippen LogP contribution in [-0.2, 0) is 13.0 Å². The molecule has 0 fully saturated rings. The van der Waals surface area contributed by atoms with Crippen LogP contribution in [-0.4, -0.2) is 10.9 Å². The lowest BCUT2D eigenvalue weighted by molar-refractivity contribution is 0.102. The summed E-state index contributed by atoms with van der Waals surface area (Å²) in [5, 5.41) is 2.99. The van der Waals surface area contributed by atoms with Crippen LogP contribution >= 0.6 is 0 Å². The lowest BCUT2D eigenvalue weighted by Gasteiger charge is -2.09. The van der Waals surface area contributed by atoms with Crippen molar-refractivity contribution in [2.24, 2.45) is 0 Å². The number of rotatable bonds is 7. The molecule has 4 aromatic rings. The Morgan fingerprint density at radius 3 is 2.41 bits per heavy atom. The number of amides is 1. The topological polar surface area (TPSA) is 64.4 Å². The number of ether oxygens (including phenoxy) is 1. The van der Waals surface area contributed by atoms with Gasteiger partial charge in [0.05, 0.1) is 0 Å². The fourth-order valence-corrected chi connectivity index (χ4v) is 3.38. The maximum absolute atomic E-state index is 12.7. The van der Waals surface area contributed by atoms with E-state index in [2.05, 4.69) is 17.2 Å². The average molecular weight is 427 g/mol. The quantitative estimate of drug-likeness (QED) is 0.374. The predicted molar refractivity (Wildman–Crippen MR) is 126 cm³/mol. The highest BCUT2D eigenvalue weighted by atomic mass is 16.5. The number of hydrogen-bond acceptors (Lipinski definition) is 4. The van der Waals surface area contributed by atoms with Gasteiger partial charge in [0.25, 0.3) is 5.91 Å². The Morgan fingerprint density at radius 1 is 0.969 bits per heavy atom. The third-order valence-electron chi connectivity index (χ3n) is 5.33. The average Bonchev–Trinajstić information content (AvgIpc) is 3.19. The zero-order valence-corrected chi connectivity index (χ0v) is 18.5. The predicted octanol–water partition coefficient (Wildman–Crippen LogP) is 6.35. The van der Waals surface area contributed by atoms with Crippen LogP contribution < -0.4 is 10.1 Å². The summed E-state index contributed by atoms with van der Waals surface area (Å²) in [4.78, 5) is 17.2. The number of hydrogen-bond donors (Lipinski definition) is 1. The van der Waals surface area contributed by atoms with Crippen LogP contribution in [0.25, 0.3) is 11.5 Å². The summed E-state index contributed by atoms with van der Waals surface area (Å²) in [5.74, 6) is 1.87. The smallest absolute Gasteiger partial charge is 0.255 e. The highest BCUT2D eigenvalue weighted by Gasteiger charge is 2.14. The molecule has 1 heterocycles. The van der Waals surface area contributed by atoms with Crippen molar-refractivity contribution in [3.63, 3.8) is 0 Å². The minimum absolute atomic E-state index is 0.145. The second-order valence-corrected chi connectivity index (χ2v) is 7.67. The Hall–Kier alpha value is -3.86. The molecule has 4 rings (SSSR count). The summed E-state index contributed by atoms with van der Waals surface area (Å²) < 4.78 is 11.7. The number of aromatic nitrogens is 1. The minimum Gasteiger partial charge on any atom is -0.487 e. The molecule has 0 saturated heterocycles.